The van der Waals surface area contributed by atoms with E-state index in [2.05, 4.69) is 5.32 Å². The highest BCUT2D eigenvalue weighted by molar-refractivity contribution is 6.31. The fraction of sp³-hybridized carbons (Fsp3) is 0.148. The Kier molecular flexibility index (Phi) is 6.35. The zero-order valence-electron chi connectivity index (χ0n) is 19.4. The van der Waals surface area contributed by atoms with E-state index in [4.69, 9.17) is 20.8 Å². The minimum Gasteiger partial charge on any atom is -0.492 e. The maximum Gasteiger partial charge on any atom is 0.331 e. The van der Waals surface area contributed by atoms with Crippen LogP contribution in [0.25, 0.3) is 17.0 Å². The van der Waals surface area contributed by atoms with E-state index in [9.17, 15) is 14.4 Å². The molecule has 0 spiro atoms. The Hall–Kier alpha value is -4.30. The monoisotopic (exact) mass is 503 g/mol. The van der Waals surface area contributed by atoms with Crippen molar-refractivity contribution in [2.24, 2.45) is 0 Å². The summed E-state index contributed by atoms with van der Waals surface area (Å²) in [5, 5.41) is 3.79. The van der Waals surface area contributed by atoms with Gasteiger partial charge in [0.2, 0.25) is 0 Å². The largest absolute Gasteiger partial charge is 0.492 e. The normalized spacial score (nSPS) is 15.1. The van der Waals surface area contributed by atoms with Gasteiger partial charge in [0.05, 0.1) is 19.4 Å². The summed E-state index contributed by atoms with van der Waals surface area (Å²) in [6.45, 7) is 2.78. The molecule has 4 amide bonds. The molecule has 9 heteroatoms. The van der Waals surface area contributed by atoms with Crippen molar-refractivity contribution >= 4 is 46.4 Å². The Morgan fingerprint density at radius 1 is 1.08 bits per heavy atom. The zero-order valence-corrected chi connectivity index (χ0v) is 20.1. The van der Waals surface area contributed by atoms with E-state index >= 15 is 0 Å². The van der Waals surface area contributed by atoms with Gasteiger partial charge < -0.3 is 13.7 Å². The molecular weight excluding hydrogens is 482 g/mol. The summed E-state index contributed by atoms with van der Waals surface area (Å²) in [7, 11) is 0. The molecule has 1 N–H and O–H groups in total. The van der Waals surface area contributed by atoms with Gasteiger partial charge in [-0.25, -0.2) is 4.79 Å². The SMILES string of the molecule is Cc1cc(OCCn2cc(/C=C3\C(=O)NC(=O)N(Cc4ccco4)C3=O)c3ccccc32)ccc1Cl. The zero-order chi connectivity index (χ0) is 25.2. The molecule has 0 radical (unpaired) electrons. The predicted molar refractivity (Wildman–Crippen MR) is 134 cm³/mol. The van der Waals surface area contributed by atoms with E-state index in [1.807, 2.05) is 54.1 Å². The summed E-state index contributed by atoms with van der Waals surface area (Å²) < 4.78 is 13.2. The Morgan fingerprint density at radius 3 is 2.69 bits per heavy atom. The summed E-state index contributed by atoms with van der Waals surface area (Å²) in [4.78, 5) is 38.9. The lowest BCUT2D eigenvalue weighted by atomic mass is 10.1. The third-order valence-electron chi connectivity index (χ3n) is 5.93. The minimum absolute atomic E-state index is 0.0778. The highest BCUT2D eigenvalue weighted by Crippen LogP contribution is 2.26. The number of carbonyl (C=O) groups is 3. The number of para-hydroxylation sites is 1. The number of nitrogens with zero attached hydrogens (tertiary/aromatic N) is 2. The highest BCUT2D eigenvalue weighted by atomic mass is 35.5. The van der Waals surface area contributed by atoms with Crippen molar-refractivity contribution in [3.05, 3.63) is 94.5 Å². The number of aryl methyl sites for hydroxylation is 1. The van der Waals surface area contributed by atoms with Crippen molar-refractivity contribution in [2.45, 2.75) is 20.0 Å². The smallest absolute Gasteiger partial charge is 0.331 e. The Balaban J connectivity index is 1.40. The van der Waals surface area contributed by atoms with Crippen molar-refractivity contribution in [2.75, 3.05) is 6.61 Å². The van der Waals surface area contributed by atoms with Crippen LogP contribution in [-0.2, 0) is 22.7 Å². The van der Waals surface area contributed by atoms with Crippen LogP contribution in [-0.4, -0.2) is 33.9 Å². The Morgan fingerprint density at radius 2 is 1.92 bits per heavy atom. The molecule has 5 rings (SSSR count). The number of barbiturate groups is 1. The molecule has 8 nitrogen and oxygen atoms in total. The highest BCUT2D eigenvalue weighted by Gasteiger charge is 2.36. The maximum atomic E-state index is 13.1. The molecule has 0 saturated carbocycles. The second kappa shape index (κ2) is 9.75. The molecule has 0 atom stereocenters. The number of urea groups is 1. The van der Waals surface area contributed by atoms with Crippen molar-refractivity contribution in [3.63, 3.8) is 0 Å². The summed E-state index contributed by atoms with van der Waals surface area (Å²) >= 11 is 6.09. The lowest BCUT2D eigenvalue weighted by Crippen LogP contribution is -2.53. The lowest BCUT2D eigenvalue weighted by Gasteiger charge is -2.25. The molecule has 4 aromatic rings. The molecule has 182 valence electrons. The first-order valence-corrected chi connectivity index (χ1v) is 11.7. The maximum absolute atomic E-state index is 13.1. The van der Waals surface area contributed by atoms with Crippen LogP contribution in [0.15, 0.2) is 77.0 Å². The number of fused-ring (bicyclic) bond motifs is 1. The lowest BCUT2D eigenvalue weighted by molar-refractivity contribution is -0.130. The van der Waals surface area contributed by atoms with Crippen LogP contribution >= 0.6 is 11.6 Å². The van der Waals surface area contributed by atoms with Gasteiger partial charge in [-0.2, -0.15) is 0 Å². The van der Waals surface area contributed by atoms with E-state index in [1.54, 1.807) is 18.2 Å². The minimum atomic E-state index is -0.782. The topological polar surface area (TPSA) is 93.8 Å². The summed E-state index contributed by atoms with van der Waals surface area (Å²) in [5.74, 6) is -0.265. The molecule has 1 aliphatic rings. The second-order valence-corrected chi connectivity index (χ2v) is 8.75. The fourth-order valence-corrected chi connectivity index (χ4v) is 4.21. The van der Waals surface area contributed by atoms with Crippen LogP contribution in [0.1, 0.15) is 16.9 Å². The van der Waals surface area contributed by atoms with Gasteiger partial charge in [-0.15, -0.1) is 0 Å². The number of amides is 4. The molecule has 36 heavy (non-hydrogen) atoms. The molecule has 1 aliphatic heterocycles. The van der Waals surface area contributed by atoms with Crippen LogP contribution in [0.4, 0.5) is 4.79 Å². The number of hydrogen-bond acceptors (Lipinski definition) is 5. The van der Waals surface area contributed by atoms with E-state index in [0.717, 1.165) is 27.1 Å². The number of halogens is 1. The summed E-state index contributed by atoms with van der Waals surface area (Å²) in [6.07, 6.45) is 4.83. The van der Waals surface area contributed by atoms with E-state index < -0.39 is 17.8 Å². The standard InChI is InChI=1S/C27H22ClN3O5/c1-17-13-19(8-9-23(17)28)36-12-10-30-15-18(21-6-2-3-7-24(21)30)14-22-25(32)29-27(34)31(26(22)33)16-20-5-4-11-35-20/h2-9,11,13-15H,10,12,16H2,1H3,(H,29,32,34)/b22-14+. The number of aromatic nitrogens is 1. The van der Waals surface area contributed by atoms with E-state index in [-0.39, 0.29) is 12.1 Å². The molecule has 1 fully saturated rings. The van der Waals surface area contributed by atoms with Gasteiger partial charge >= 0.3 is 6.03 Å². The van der Waals surface area contributed by atoms with Gasteiger partial charge in [-0.1, -0.05) is 29.8 Å². The molecule has 2 aromatic heterocycles. The number of rotatable bonds is 7. The number of hydrogen-bond donors (Lipinski definition) is 1. The van der Waals surface area contributed by atoms with Crippen molar-refractivity contribution in [3.8, 4) is 5.75 Å². The molecule has 1 saturated heterocycles. The number of ether oxygens (including phenoxy) is 1. The van der Waals surface area contributed by atoms with Gasteiger partial charge in [-0.05, 0) is 55.0 Å². The average Bonchev–Trinajstić information content (AvgIpc) is 3.50. The molecule has 3 heterocycles. The van der Waals surface area contributed by atoms with Crippen molar-refractivity contribution in [1.29, 1.82) is 0 Å². The van der Waals surface area contributed by atoms with Gasteiger partial charge in [0.15, 0.2) is 0 Å². The number of furan rings is 1. The summed E-state index contributed by atoms with van der Waals surface area (Å²) in [6, 6.07) is 15.7. The fourth-order valence-electron chi connectivity index (χ4n) is 4.10. The van der Waals surface area contributed by atoms with Crippen LogP contribution < -0.4 is 10.1 Å². The average molecular weight is 504 g/mol. The first kappa shape index (κ1) is 23.4. The molecule has 0 aliphatic carbocycles. The van der Waals surface area contributed by atoms with Gasteiger partial charge in [-0.3, -0.25) is 19.8 Å². The van der Waals surface area contributed by atoms with Gasteiger partial charge in [0.1, 0.15) is 23.7 Å². The number of nitrogens with one attached hydrogen (secondary N) is 1. The Labute approximate surface area is 211 Å². The third kappa shape index (κ3) is 4.63. The number of carbonyl (C=O) groups excluding carboxylic acids is 3. The van der Waals surface area contributed by atoms with Gasteiger partial charge in [0, 0.05) is 27.7 Å². The van der Waals surface area contributed by atoms with E-state index in [0.29, 0.717) is 29.5 Å². The first-order valence-electron chi connectivity index (χ1n) is 11.3. The van der Waals surface area contributed by atoms with Crippen LogP contribution in [0, 0.1) is 6.92 Å². The summed E-state index contributed by atoms with van der Waals surface area (Å²) in [5.41, 5.74) is 2.41. The van der Waals surface area contributed by atoms with Gasteiger partial charge in [0.25, 0.3) is 11.8 Å². The molecular formula is C27H22ClN3O5. The molecule has 0 bridgehead atoms. The number of benzene rings is 2. The Bertz CT molecular complexity index is 1500. The van der Waals surface area contributed by atoms with Crippen molar-refractivity contribution < 1.29 is 23.5 Å². The number of imide groups is 2. The van der Waals surface area contributed by atoms with E-state index in [1.165, 1.54) is 12.3 Å². The predicted octanol–water partition coefficient (Wildman–Crippen LogP) is 4.94. The molecule has 2 aromatic carbocycles. The quantitative estimate of drug-likeness (QED) is 0.285. The first-order chi connectivity index (χ1) is 17.4. The molecule has 0 unspecified atom stereocenters. The second-order valence-electron chi connectivity index (χ2n) is 8.34. The van der Waals surface area contributed by atoms with Crippen LogP contribution in [0.2, 0.25) is 5.02 Å². The van der Waals surface area contributed by atoms with Crippen LogP contribution in [0.3, 0.4) is 0 Å². The van der Waals surface area contributed by atoms with Crippen molar-refractivity contribution in [1.82, 2.24) is 14.8 Å². The van der Waals surface area contributed by atoms with Crippen LogP contribution in [0.5, 0.6) is 5.75 Å². The third-order valence-corrected chi connectivity index (χ3v) is 6.35.